The van der Waals surface area contributed by atoms with Gasteiger partial charge in [0.2, 0.25) is 15.9 Å². The molecule has 222 valence electrons. The van der Waals surface area contributed by atoms with Gasteiger partial charge in [-0.05, 0) is 56.7 Å². The second kappa shape index (κ2) is 12.5. The van der Waals surface area contributed by atoms with Crippen LogP contribution < -0.4 is 9.46 Å². The van der Waals surface area contributed by atoms with Crippen LogP contribution in [0.2, 0.25) is 0 Å². The van der Waals surface area contributed by atoms with E-state index in [0.717, 1.165) is 80.9 Å². The van der Waals surface area contributed by atoms with E-state index in [0.29, 0.717) is 17.6 Å². The molecule has 3 aromatic rings. The molecule has 2 aliphatic rings. The molecule has 2 aromatic heterocycles. The maximum atomic E-state index is 13.1. The smallest absolute Gasteiger partial charge is 0.283 e. The van der Waals surface area contributed by atoms with E-state index in [-0.39, 0.29) is 17.8 Å². The Balaban J connectivity index is 1.57. The van der Waals surface area contributed by atoms with Crippen molar-refractivity contribution < 1.29 is 22.7 Å². The fraction of sp³-hybridized carbons (Fsp3) is 0.567. The predicted octanol–water partition coefficient (Wildman–Crippen LogP) is 4.69. The molecule has 0 atom stereocenters. The number of rotatable bonds is 9. The van der Waals surface area contributed by atoms with Gasteiger partial charge >= 0.3 is 0 Å². The van der Waals surface area contributed by atoms with Crippen molar-refractivity contribution >= 4 is 27.0 Å². The van der Waals surface area contributed by atoms with E-state index >= 15 is 0 Å². The van der Waals surface area contributed by atoms with Gasteiger partial charge in [0.1, 0.15) is 5.69 Å². The number of methoxy groups -OCH3 is 1. The molecule has 41 heavy (non-hydrogen) atoms. The molecular weight excluding hydrogens is 542 g/mol. The fourth-order valence-electron chi connectivity index (χ4n) is 5.91. The number of nitrogens with zero attached hydrogens (tertiary/aromatic N) is 4. The summed E-state index contributed by atoms with van der Waals surface area (Å²) in [6, 6.07) is 10.1. The van der Waals surface area contributed by atoms with Gasteiger partial charge in [-0.25, -0.2) is 22.8 Å². The van der Waals surface area contributed by atoms with Crippen molar-refractivity contribution in [3.8, 4) is 17.0 Å². The van der Waals surface area contributed by atoms with Crippen LogP contribution in [0.15, 0.2) is 30.3 Å². The van der Waals surface area contributed by atoms with E-state index in [1.165, 1.54) is 12.0 Å². The Morgan fingerprint density at radius 3 is 2.37 bits per heavy atom. The van der Waals surface area contributed by atoms with Gasteiger partial charge < -0.3 is 9.47 Å². The molecular formula is C30H41N5O5S. The first-order valence-corrected chi connectivity index (χ1v) is 16.5. The molecule has 1 amide bonds. The summed E-state index contributed by atoms with van der Waals surface area (Å²) in [4.78, 5) is 20.2. The van der Waals surface area contributed by atoms with Crippen molar-refractivity contribution in [1.82, 2.24) is 24.4 Å². The molecule has 1 N–H and O–H groups in total. The second-order valence-electron chi connectivity index (χ2n) is 11.6. The Hall–Kier alpha value is -3.02. The molecule has 1 saturated carbocycles. The summed E-state index contributed by atoms with van der Waals surface area (Å²) >= 11 is 0. The predicted molar refractivity (Wildman–Crippen MR) is 158 cm³/mol. The van der Waals surface area contributed by atoms with Gasteiger partial charge in [0.25, 0.3) is 5.91 Å². The summed E-state index contributed by atoms with van der Waals surface area (Å²) in [5.41, 5.74) is 3.37. The summed E-state index contributed by atoms with van der Waals surface area (Å²) < 4.78 is 39.5. The van der Waals surface area contributed by atoms with Crippen LogP contribution in [-0.2, 0) is 21.3 Å². The summed E-state index contributed by atoms with van der Waals surface area (Å²) in [6.07, 6.45) is 8.56. The zero-order valence-electron chi connectivity index (χ0n) is 24.4. The Morgan fingerprint density at radius 2 is 1.76 bits per heavy atom. The number of benzene rings is 1. The van der Waals surface area contributed by atoms with Gasteiger partial charge in [-0.3, -0.25) is 9.69 Å². The molecule has 0 spiro atoms. The van der Waals surface area contributed by atoms with Crippen molar-refractivity contribution in [2.75, 3.05) is 26.5 Å². The molecule has 0 radical (unpaired) electrons. The van der Waals surface area contributed by atoms with Crippen molar-refractivity contribution in [3.63, 3.8) is 0 Å². The van der Waals surface area contributed by atoms with Crippen molar-refractivity contribution in [2.45, 2.75) is 83.6 Å². The second-order valence-corrected chi connectivity index (χ2v) is 13.3. The number of carbonyl (C=O) groups excluding carboxylic acids is 1. The van der Waals surface area contributed by atoms with Crippen LogP contribution in [0.5, 0.6) is 5.88 Å². The molecule has 1 saturated heterocycles. The third kappa shape index (κ3) is 7.07. The average molecular weight is 584 g/mol. The summed E-state index contributed by atoms with van der Waals surface area (Å²) in [7, 11) is -1.99. The van der Waals surface area contributed by atoms with Crippen LogP contribution in [0.3, 0.4) is 0 Å². The zero-order chi connectivity index (χ0) is 29.1. The number of pyridine rings is 1. The van der Waals surface area contributed by atoms with Crippen molar-refractivity contribution in [1.29, 1.82) is 0 Å². The van der Waals surface area contributed by atoms with Crippen LogP contribution in [-0.4, -0.2) is 72.7 Å². The maximum absolute atomic E-state index is 13.1. The summed E-state index contributed by atoms with van der Waals surface area (Å²) in [6.45, 7) is 6.76. The van der Waals surface area contributed by atoms with Gasteiger partial charge in [0.05, 0.1) is 29.9 Å². The number of sulfonamides is 1. The van der Waals surface area contributed by atoms with Crippen LogP contribution in [0.25, 0.3) is 22.2 Å². The van der Waals surface area contributed by atoms with E-state index in [2.05, 4.69) is 26.7 Å². The number of nitrogens with one attached hydrogen (secondary N) is 1. The van der Waals surface area contributed by atoms with Crippen molar-refractivity contribution in [2.24, 2.45) is 0 Å². The highest BCUT2D eigenvalue weighted by atomic mass is 32.2. The number of fused-ring (bicyclic) bond motifs is 1. The number of amides is 1. The number of piperidine rings is 1. The summed E-state index contributed by atoms with van der Waals surface area (Å²) in [5.74, 6) is -0.294. The molecule has 10 nitrogen and oxygen atoms in total. The molecule has 3 heterocycles. The van der Waals surface area contributed by atoms with E-state index in [1.807, 2.05) is 30.7 Å². The summed E-state index contributed by atoms with van der Waals surface area (Å²) in [5, 5.41) is 5.62. The molecule has 5 rings (SSSR count). The highest BCUT2D eigenvalue weighted by molar-refractivity contribution is 7.89. The number of likely N-dealkylation sites (tertiary alicyclic amines) is 1. The normalized spacial score (nSPS) is 17.8. The first-order chi connectivity index (χ1) is 19.6. The molecule has 0 bridgehead atoms. The van der Waals surface area contributed by atoms with Gasteiger partial charge in [-0.1, -0.05) is 43.5 Å². The Labute approximate surface area is 242 Å². The van der Waals surface area contributed by atoms with Gasteiger partial charge in [-0.15, -0.1) is 5.10 Å². The van der Waals surface area contributed by atoms with Crippen LogP contribution in [0.4, 0.5) is 0 Å². The van der Waals surface area contributed by atoms with Gasteiger partial charge in [0.15, 0.2) is 5.65 Å². The van der Waals surface area contributed by atoms with Gasteiger partial charge in [0, 0.05) is 32.3 Å². The molecule has 1 aromatic carbocycles. The molecule has 0 unspecified atom stereocenters. The lowest BCUT2D eigenvalue weighted by atomic mass is 9.95. The Bertz CT molecular complexity index is 1470. The minimum absolute atomic E-state index is 0.0241. The lowest BCUT2D eigenvalue weighted by molar-refractivity contribution is 0.0388. The number of aromatic nitrogens is 3. The standard InChI is InChI=1S/C30H41N5O5S/c1-20(2)40-30-27-25(22-12-10-21(11-13-22)19-34-16-14-24(39-3)15-17-34)18-26(29(36)33-41(4,37)38)31-28(27)35(32-30)23-8-6-5-7-9-23/h10-13,18,20,23-24H,5-9,14-17,19H2,1-4H3,(H,33,36). The topological polar surface area (TPSA) is 116 Å². The SMILES string of the molecule is COC1CCN(Cc2ccc(-c3cc(C(=O)NS(C)(=O)=O)nc4c3c(OC(C)C)nn4C3CCCCC3)cc2)CC1. The molecule has 2 fully saturated rings. The number of hydrogen-bond donors (Lipinski definition) is 1. The van der Waals surface area contributed by atoms with Crippen LogP contribution >= 0.6 is 0 Å². The largest absolute Gasteiger partial charge is 0.473 e. The van der Waals surface area contributed by atoms with Gasteiger partial charge in [-0.2, -0.15) is 0 Å². The third-order valence-electron chi connectivity index (χ3n) is 7.95. The minimum Gasteiger partial charge on any atom is -0.473 e. The first-order valence-electron chi connectivity index (χ1n) is 14.6. The molecule has 11 heteroatoms. The average Bonchev–Trinajstić information content (AvgIpc) is 3.30. The zero-order valence-corrected chi connectivity index (χ0v) is 25.2. The number of ether oxygens (including phenoxy) is 2. The Kier molecular flexibility index (Phi) is 8.96. The number of carbonyl (C=O) groups is 1. The first kappa shape index (κ1) is 29.5. The maximum Gasteiger partial charge on any atom is 0.283 e. The van der Waals surface area contributed by atoms with Crippen LogP contribution in [0, 0.1) is 0 Å². The minimum atomic E-state index is -3.77. The highest BCUT2D eigenvalue weighted by Gasteiger charge is 2.27. The Morgan fingerprint density at radius 1 is 1.07 bits per heavy atom. The monoisotopic (exact) mass is 583 g/mol. The fourth-order valence-corrected chi connectivity index (χ4v) is 6.35. The lowest BCUT2D eigenvalue weighted by Gasteiger charge is -2.31. The van der Waals surface area contributed by atoms with E-state index in [4.69, 9.17) is 14.6 Å². The van der Waals surface area contributed by atoms with E-state index < -0.39 is 15.9 Å². The molecule has 1 aliphatic carbocycles. The molecule has 1 aliphatic heterocycles. The van der Waals surface area contributed by atoms with Crippen molar-refractivity contribution in [3.05, 3.63) is 41.6 Å². The number of hydrogen-bond acceptors (Lipinski definition) is 8. The van der Waals surface area contributed by atoms with E-state index in [1.54, 1.807) is 13.2 Å². The highest BCUT2D eigenvalue weighted by Crippen LogP contribution is 2.39. The lowest BCUT2D eigenvalue weighted by Crippen LogP contribution is -2.36. The van der Waals surface area contributed by atoms with E-state index in [9.17, 15) is 13.2 Å². The van der Waals surface area contributed by atoms with Crippen LogP contribution in [0.1, 0.15) is 80.9 Å². The quantitative estimate of drug-likeness (QED) is 0.386. The third-order valence-corrected chi connectivity index (χ3v) is 8.50.